The molecule has 1 N–H and O–H groups in total. The summed E-state index contributed by atoms with van der Waals surface area (Å²) in [7, 11) is 0. The summed E-state index contributed by atoms with van der Waals surface area (Å²) in [6, 6.07) is 0. The van der Waals surface area contributed by atoms with Crippen molar-refractivity contribution >= 4 is 35.8 Å². The molecule has 2 fully saturated rings. The lowest BCUT2D eigenvalue weighted by molar-refractivity contribution is -0.354. The highest BCUT2D eigenvalue weighted by Gasteiger charge is 2.56. The average molecular weight is 579 g/mol. The van der Waals surface area contributed by atoms with Gasteiger partial charge in [-0.3, -0.25) is 28.8 Å². The molecule has 0 aromatic heterocycles. The number of rotatable bonds is 9. The zero-order valence-electron chi connectivity index (χ0n) is 23.1. The third kappa shape index (κ3) is 9.11. The molecule has 0 saturated carbocycles. The van der Waals surface area contributed by atoms with Gasteiger partial charge in [0.2, 0.25) is 0 Å². The third-order valence-corrected chi connectivity index (χ3v) is 5.59. The van der Waals surface area contributed by atoms with E-state index in [4.69, 9.17) is 42.6 Å². The highest BCUT2D eigenvalue weighted by Crippen LogP contribution is 2.34. The minimum atomic E-state index is -1.84. The summed E-state index contributed by atoms with van der Waals surface area (Å²) in [5, 5.41) is 10.5. The Morgan fingerprint density at radius 3 is 1.48 bits per heavy atom. The van der Waals surface area contributed by atoms with Crippen LogP contribution in [0.5, 0.6) is 0 Å². The first kappa shape index (κ1) is 32.9. The number of ether oxygens (including phenoxy) is 9. The number of aliphatic hydroxyl groups excluding tert-OH is 1. The maximum Gasteiger partial charge on any atom is 0.303 e. The van der Waals surface area contributed by atoms with Gasteiger partial charge in [0.15, 0.2) is 43.1 Å². The largest absolute Gasteiger partial charge is 0.463 e. The molecule has 2 rings (SSSR count). The zero-order chi connectivity index (χ0) is 30.3. The summed E-state index contributed by atoms with van der Waals surface area (Å²) in [5.74, 6) is -4.84. The van der Waals surface area contributed by atoms with Crippen molar-refractivity contribution in [3.8, 4) is 0 Å². The van der Waals surface area contributed by atoms with Gasteiger partial charge in [-0.25, -0.2) is 0 Å². The van der Waals surface area contributed by atoms with Gasteiger partial charge >= 0.3 is 35.8 Å². The molecular weight excluding hydrogens is 544 g/mol. The molecule has 2 heterocycles. The molecule has 0 aromatic carbocycles. The predicted molar refractivity (Wildman–Crippen MR) is 124 cm³/mol. The maximum absolute atomic E-state index is 12.0. The predicted octanol–water partition coefficient (Wildman–Crippen LogP) is -0.945. The van der Waals surface area contributed by atoms with Gasteiger partial charge in [-0.2, -0.15) is 0 Å². The van der Waals surface area contributed by atoms with E-state index in [0.717, 1.165) is 41.5 Å². The highest BCUT2D eigenvalue weighted by atomic mass is 16.8. The van der Waals surface area contributed by atoms with Crippen molar-refractivity contribution in [1.82, 2.24) is 0 Å². The molecule has 16 heteroatoms. The Labute approximate surface area is 229 Å². The fourth-order valence-corrected chi connectivity index (χ4v) is 4.27. The number of esters is 6. The summed E-state index contributed by atoms with van der Waals surface area (Å²) in [4.78, 5) is 71.0. The lowest BCUT2D eigenvalue weighted by Gasteiger charge is -2.47. The van der Waals surface area contributed by atoms with Crippen molar-refractivity contribution in [2.75, 3.05) is 6.61 Å². The monoisotopic (exact) mass is 578 g/mol. The first-order valence-corrected chi connectivity index (χ1v) is 12.2. The summed E-state index contributed by atoms with van der Waals surface area (Å²) < 4.78 is 48.9. The van der Waals surface area contributed by atoms with Crippen molar-refractivity contribution in [2.45, 2.75) is 110 Å². The second-order valence-electron chi connectivity index (χ2n) is 9.05. The van der Waals surface area contributed by atoms with Crippen LogP contribution in [0.1, 0.15) is 48.5 Å². The topological polar surface area (TPSA) is 206 Å². The Hall–Kier alpha value is -3.34. The molecule has 0 aromatic rings. The average Bonchev–Trinajstić information content (AvgIpc) is 2.80. The van der Waals surface area contributed by atoms with Crippen LogP contribution in [0.15, 0.2) is 0 Å². The Morgan fingerprint density at radius 2 is 1.00 bits per heavy atom. The summed E-state index contributed by atoms with van der Waals surface area (Å²) >= 11 is 0. The number of carbonyl (C=O) groups is 6. The molecule has 226 valence electrons. The molecule has 16 nitrogen and oxygen atoms in total. The van der Waals surface area contributed by atoms with Gasteiger partial charge in [-0.05, 0) is 6.92 Å². The third-order valence-electron chi connectivity index (χ3n) is 5.59. The fourth-order valence-electron chi connectivity index (χ4n) is 4.27. The second-order valence-corrected chi connectivity index (χ2v) is 9.05. The molecule has 2 aliphatic heterocycles. The minimum absolute atomic E-state index is 0.522. The molecule has 40 heavy (non-hydrogen) atoms. The Morgan fingerprint density at radius 1 is 0.575 bits per heavy atom. The standard InChI is InChI=1S/C24H34O16/c1-9-17(34-11(3)26)19(35-12(4)27)22(38-15(7)30)24(33-9)40-18-16(8-32-10(2)25)39-23(31)21(37-14(6)29)20(18)36-13(5)28/h9,16-24,31H,8H2,1-7H3/t9-,16-,17-,18-,19+,20+,21-,22-,23+,24+/m1/s1. The van der Waals surface area contributed by atoms with Crippen LogP contribution in [-0.4, -0.2) is 109 Å². The molecule has 0 radical (unpaired) electrons. The molecule has 0 aliphatic carbocycles. The molecule has 2 saturated heterocycles. The number of hydrogen-bond acceptors (Lipinski definition) is 16. The van der Waals surface area contributed by atoms with E-state index < -0.39 is 104 Å². The van der Waals surface area contributed by atoms with Crippen molar-refractivity contribution in [3.63, 3.8) is 0 Å². The van der Waals surface area contributed by atoms with E-state index in [1.807, 2.05) is 0 Å². The SMILES string of the molecule is CC(=O)OC[C@H]1O[C@H](O)[C@H](OC(C)=O)[C@@H](OC(C)=O)[C@@H]1O[C@@H]1O[C@H](C)[C@@H](OC(C)=O)[C@H](OC(C)=O)[C@H]1OC(C)=O. The van der Waals surface area contributed by atoms with Crippen molar-refractivity contribution in [3.05, 3.63) is 0 Å². The Kier molecular flexibility index (Phi) is 11.8. The van der Waals surface area contributed by atoms with E-state index in [9.17, 15) is 33.9 Å². The van der Waals surface area contributed by atoms with Crippen LogP contribution in [0.3, 0.4) is 0 Å². The van der Waals surface area contributed by atoms with Gasteiger partial charge < -0.3 is 47.7 Å². The van der Waals surface area contributed by atoms with Crippen molar-refractivity contribution in [2.24, 2.45) is 0 Å². The molecule has 0 unspecified atom stereocenters. The van der Waals surface area contributed by atoms with E-state index in [1.54, 1.807) is 0 Å². The van der Waals surface area contributed by atoms with Gasteiger partial charge in [0.05, 0.1) is 6.10 Å². The van der Waals surface area contributed by atoms with Crippen LogP contribution >= 0.6 is 0 Å². The normalized spacial score (nSPS) is 33.6. The van der Waals surface area contributed by atoms with Crippen LogP contribution < -0.4 is 0 Å². The van der Waals surface area contributed by atoms with E-state index in [2.05, 4.69) is 0 Å². The fraction of sp³-hybridized carbons (Fsp3) is 0.750. The lowest BCUT2D eigenvalue weighted by atomic mass is 9.96. The first-order chi connectivity index (χ1) is 18.6. The van der Waals surface area contributed by atoms with Gasteiger partial charge in [0.1, 0.15) is 18.8 Å². The van der Waals surface area contributed by atoms with Gasteiger partial charge in [-0.15, -0.1) is 0 Å². The Bertz CT molecular complexity index is 965. The highest BCUT2D eigenvalue weighted by molar-refractivity contribution is 5.69. The maximum atomic E-state index is 12.0. The van der Waals surface area contributed by atoms with E-state index in [1.165, 1.54) is 6.92 Å². The van der Waals surface area contributed by atoms with E-state index in [-0.39, 0.29) is 0 Å². The molecular formula is C24H34O16. The van der Waals surface area contributed by atoms with Crippen LogP contribution in [0, 0.1) is 0 Å². The summed E-state index contributed by atoms with van der Waals surface area (Å²) in [5.41, 5.74) is 0. The van der Waals surface area contributed by atoms with E-state index in [0.29, 0.717) is 0 Å². The molecule has 0 spiro atoms. The van der Waals surface area contributed by atoms with Crippen LogP contribution in [0.2, 0.25) is 0 Å². The van der Waals surface area contributed by atoms with Crippen molar-refractivity contribution < 1.29 is 76.5 Å². The summed E-state index contributed by atoms with van der Waals surface area (Å²) in [6.07, 6.45) is -14.6. The second kappa shape index (κ2) is 14.3. The Balaban J connectivity index is 2.56. The zero-order valence-corrected chi connectivity index (χ0v) is 23.1. The van der Waals surface area contributed by atoms with Gasteiger partial charge in [-0.1, -0.05) is 0 Å². The van der Waals surface area contributed by atoms with Crippen LogP contribution in [-0.2, 0) is 71.4 Å². The van der Waals surface area contributed by atoms with Gasteiger partial charge in [0.25, 0.3) is 0 Å². The molecule has 2 aliphatic rings. The minimum Gasteiger partial charge on any atom is -0.463 e. The van der Waals surface area contributed by atoms with Crippen LogP contribution in [0.25, 0.3) is 0 Å². The van der Waals surface area contributed by atoms with E-state index >= 15 is 0 Å². The smallest absolute Gasteiger partial charge is 0.303 e. The van der Waals surface area contributed by atoms with Gasteiger partial charge in [0, 0.05) is 41.5 Å². The quantitative estimate of drug-likeness (QED) is 0.259. The number of carbonyl (C=O) groups excluding carboxylic acids is 6. The van der Waals surface area contributed by atoms with Crippen LogP contribution in [0.4, 0.5) is 0 Å². The number of aliphatic hydroxyl groups is 1. The summed E-state index contributed by atoms with van der Waals surface area (Å²) in [6.45, 7) is 7.40. The lowest BCUT2D eigenvalue weighted by Crippen LogP contribution is -2.66. The molecule has 0 bridgehead atoms. The first-order valence-electron chi connectivity index (χ1n) is 12.2. The number of hydrogen-bond donors (Lipinski definition) is 1. The van der Waals surface area contributed by atoms with Crippen molar-refractivity contribution in [1.29, 1.82) is 0 Å². The molecule has 0 amide bonds. The molecule has 10 atom stereocenters.